The van der Waals surface area contributed by atoms with Gasteiger partial charge in [-0.25, -0.2) is 4.79 Å². The number of carbonyl (C=O) groups excluding carboxylic acids is 1. The fourth-order valence-corrected chi connectivity index (χ4v) is 2.90. The van der Waals surface area contributed by atoms with Crippen molar-refractivity contribution in [3.63, 3.8) is 0 Å². The van der Waals surface area contributed by atoms with E-state index in [1.54, 1.807) is 0 Å². The topological polar surface area (TPSA) is 57.5 Å². The molecule has 3 heterocycles. The van der Waals surface area contributed by atoms with Crippen LogP contribution >= 0.6 is 0 Å². The fourth-order valence-electron chi connectivity index (χ4n) is 2.90. The van der Waals surface area contributed by atoms with Crippen LogP contribution in [0, 0.1) is 6.92 Å². The highest BCUT2D eigenvalue weighted by Crippen LogP contribution is 2.22. The summed E-state index contributed by atoms with van der Waals surface area (Å²) in [5, 5.41) is 6.45. The monoisotopic (exact) mass is 263 g/mol. The van der Waals surface area contributed by atoms with Gasteiger partial charge < -0.3 is 20.0 Å². The quantitative estimate of drug-likeness (QED) is 0.871. The predicted octanol–water partition coefficient (Wildman–Crippen LogP) is 1.80. The Kier molecular flexibility index (Phi) is 3.46. The zero-order valence-electron chi connectivity index (χ0n) is 11.3. The molecule has 0 bridgehead atoms. The molecule has 0 aromatic carbocycles. The third kappa shape index (κ3) is 2.76. The second-order valence-corrected chi connectivity index (χ2v) is 5.48. The van der Waals surface area contributed by atoms with Gasteiger partial charge in [0.15, 0.2) is 0 Å². The number of aryl methyl sites for hydroxylation is 1. The van der Waals surface area contributed by atoms with E-state index in [-0.39, 0.29) is 12.1 Å². The average molecular weight is 263 g/mol. The predicted molar refractivity (Wildman–Crippen MR) is 71.9 cm³/mol. The number of nitrogens with one attached hydrogen (secondary N) is 2. The Labute approximate surface area is 113 Å². The Hall–Kier alpha value is -1.49. The van der Waals surface area contributed by atoms with E-state index in [2.05, 4.69) is 10.6 Å². The molecule has 0 aliphatic carbocycles. The van der Waals surface area contributed by atoms with Crippen LogP contribution in [0.3, 0.4) is 0 Å². The maximum absolute atomic E-state index is 11.9. The first kappa shape index (κ1) is 12.5. The Balaban J connectivity index is 1.54. The SMILES string of the molecule is Cc1ccc(C2CN(CCC3CCCN3)C(=O)N2)o1. The number of furan rings is 1. The number of amides is 2. The molecule has 1 aromatic heterocycles. The number of carbonyl (C=O) groups is 1. The summed E-state index contributed by atoms with van der Waals surface area (Å²) >= 11 is 0. The first-order chi connectivity index (χ1) is 9.22. The van der Waals surface area contributed by atoms with Crippen LogP contribution in [-0.4, -0.2) is 36.6 Å². The number of hydrogen-bond donors (Lipinski definition) is 2. The van der Waals surface area contributed by atoms with Crippen LogP contribution < -0.4 is 10.6 Å². The summed E-state index contributed by atoms with van der Waals surface area (Å²) in [5.41, 5.74) is 0. The van der Waals surface area contributed by atoms with Gasteiger partial charge in [-0.1, -0.05) is 0 Å². The molecular formula is C14H21N3O2. The summed E-state index contributed by atoms with van der Waals surface area (Å²) in [6, 6.07) is 4.49. The van der Waals surface area contributed by atoms with E-state index in [4.69, 9.17) is 4.42 Å². The molecule has 2 fully saturated rings. The lowest BCUT2D eigenvalue weighted by Crippen LogP contribution is -2.33. The normalized spacial score (nSPS) is 27.0. The van der Waals surface area contributed by atoms with Crippen LogP contribution in [0.1, 0.15) is 36.8 Å². The summed E-state index contributed by atoms with van der Waals surface area (Å²) < 4.78 is 5.59. The Morgan fingerprint density at radius 1 is 1.47 bits per heavy atom. The number of hydrogen-bond acceptors (Lipinski definition) is 3. The molecule has 2 aliphatic heterocycles. The van der Waals surface area contributed by atoms with Gasteiger partial charge in [0.05, 0.1) is 0 Å². The number of rotatable bonds is 4. The molecule has 2 unspecified atom stereocenters. The minimum absolute atomic E-state index is 0.00210. The minimum atomic E-state index is -0.00210. The van der Waals surface area contributed by atoms with Gasteiger partial charge in [0.25, 0.3) is 0 Å². The van der Waals surface area contributed by atoms with Crippen molar-refractivity contribution in [2.24, 2.45) is 0 Å². The Bertz CT molecular complexity index is 451. The van der Waals surface area contributed by atoms with Gasteiger partial charge in [-0.15, -0.1) is 0 Å². The van der Waals surface area contributed by atoms with E-state index >= 15 is 0 Å². The van der Waals surface area contributed by atoms with Crippen molar-refractivity contribution in [3.05, 3.63) is 23.7 Å². The number of nitrogens with zero attached hydrogens (tertiary/aromatic N) is 1. The number of urea groups is 1. The molecule has 2 N–H and O–H groups in total. The van der Waals surface area contributed by atoms with Crippen molar-refractivity contribution in [2.45, 2.75) is 38.3 Å². The molecule has 0 saturated carbocycles. The first-order valence-corrected chi connectivity index (χ1v) is 7.07. The summed E-state index contributed by atoms with van der Waals surface area (Å²) in [6.07, 6.45) is 3.53. The van der Waals surface area contributed by atoms with Gasteiger partial charge in [0.2, 0.25) is 0 Å². The molecule has 5 nitrogen and oxygen atoms in total. The van der Waals surface area contributed by atoms with E-state index < -0.39 is 0 Å². The average Bonchev–Trinajstić information content (AvgIpc) is 3.08. The highest BCUT2D eigenvalue weighted by atomic mass is 16.3. The van der Waals surface area contributed by atoms with Crippen molar-refractivity contribution < 1.29 is 9.21 Å². The third-order valence-electron chi connectivity index (χ3n) is 4.00. The Morgan fingerprint density at radius 2 is 2.37 bits per heavy atom. The lowest BCUT2D eigenvalue weighted by Gasteiger charge is -2.17. The third-order valence-corrected chi connectivity index (χ3v) is 4.00. The molecule has 104 valence electrons. The Morgan fingerprint density at radius 3 is 3.05 bits per heavy atom. The lowest BCUT2D eigenvalue weighted by atomic mass is 10.1. The maximum Gasteiger partial charge on any atom is 0.318 e. The van der Waals surface area contributed by atoms with Crippen LogP contribution in [-0.2, 0) is 0 Å². The molecule has 3 rings (SSSR count). The molecule has 2 aliphatic rings. The van der Waals surface area contributed by atoms with Gasteiger partial charge in [-0.3, -0.25) is 0 Å². The first-order valence-electron chi connectivity index (χ1n) is 7.07. The molecule has 5 heteroatoms. The molecular weight excluding hydrogens is 242 g/mol. The molecule has 19 heavy (non-hydrogen) atoms. The van der Waals surface area contributed by atoms with Crippen molar-refractivity contribution in [2.75, 3.05) is 19.6 Å². The van der Waals surface area contributed by atoms with Crippen molar-refractivity contribution in [3.8, 4) is 0 Å². The molecule has 2 amide bonds. The molecule has 0 radical (unpaired) electrons. The molecule has 0 spiro atoms. The lowest BCUT2D eigenvalue weighted by molar-refractivity contribution is 0.215. The summed E-state index contributed by atoms with van der Waals surface area (Å²) in [4.78, 5) is 13.8. The van der Waals surface area contributed by atoms with Crippen LogP contribution in [0.25, 0.3) is 0 Å². The fraction of sp³-hybridized carbons (Fsp3) is 0.643. The van der Waals surface area contributed by atoms with Gasteiger partial charge in [-0.05, 0) is 44.9 Å². The van der Waals surface area contributed by atoms with E-state index in [1.807, 2.05) is 24.0 Å². The maximum atomic E-state index is 11.9. The second-order valence-electron chi connectivity index (χ2n) is 5.48. The van der Waals surface area contributed by atoms with E-state index in [0.29, 0.717) is 12.6 Å². The van der Waals surface area contributed by atoms with Crippen molar-refractivity contribution >= 4 is 6.03 Å². The van der Waals surface area contributed by atoms with E-state index in [9.17, 15) is 4.79 Å². The van der Waals surface area contributed by atoms with Crippen LogP contribution in [0.2, 0.25) is 0 Å². The minimum Gasteiger partial charge on any atom is -0.464 e. The van der Waals surface area contributed by atoms with Crippen molar-refractivity contribution in [1.82, 2.24) is 15.5 Å². The largest absolute Gasteiger partial charge is 0.464 e. The molecule has 2 saturated heterocycles. The highest BCUT2D eigenvalue weighted by molar-refractivity contribution is 5.77. The zero-order chi connectivity index (χ0) is 13.2. The summed E-state index contributed by atoms with van der Waals surface area (Å²) in [7, 11) is 0. The van der Waals surface area contributed by atoms with E-state index in [0.717, 1.165) is 31.0 Å². The van der Waals surface area contributed by atoms with Gasteiger partial charge in [0.1, 0.15) is 17.6 Å². The van der Waals surface area contributed by atoms with E-state index in [1.165, 1.54) is 12.8 Å². The van der Waals surface area contributed by atoms with Crippen LogP contribution in [0.4, 0.5) is 4.79 Å². The molecule has 2 atom stereocenters. The van der Waals surface area contributed by atoms with Gasteiger partial charge in [0, 0.05) is 19.1 Å². The summed E-state index contributed by atoms with van der Waals surface area (Å²) in [5.74, 6) is 1.74. The second kappa shape index (κ2) is 5.25. The van der Waals surface area contributed by atoms with Gasteiger partial charge >= 0.3 is 6.03 Å². The standard InChI is InChI=1S/C14H21N3O2/c1-10-4-5-13(19-10)12-9-17(14(18)16-12)8-6-11-3-2-7-15-11/h4-5,11-12,15H,2-3,6-9H2,1H3,(H,16,18). The molecule has 1 aromatic rings. The van der Waals surface area contributed by atoms with Crippen LogP contribution in [0.5, 0.6) is 0 Å². The van der Waals surface area contributed by atoms with Crippen molar-refractivity contribution in [1.29, 1.82) is 0 Å². The highest BCUT2D eigenvalue weighted by Gasteiger charge is 2.31. The smallest absolute Gasteiger partial charge is 0.318 e. The van der Waals surface area contributed by atoms with Gasteiger partial charge in [-0.2, -0.15) is 0 Å². The van der Waals surface area contributed by atoms with Crippen LogP contribution in [0.15, 0.2) is 16.5 Å². The summed E-state index contributed by atoms with van der Waals surface area (Å²) in [6.45, 7) is 4.56. The zero-order valence-corrected chi connectivity index (χ0v) is 11.3.